The Hall–Kier alpha value is -1.08. The Morgan fingerprint density at radius 3 is 2.58 bits per heavy atom. The Morgan fingerprint density at radius 2 is 1.96 bits per heavy atom. The highest BCUT2D eigenvalue weighted by atomic mass is 32.2. The van der Waals surface area contributed by atoms with Crippen molar-refractivity contribution in [1.82, 2.24) is 10.2 Å². The first-order valence-electron chi connectivity index (χ1n) is 9.79. The highest BCUT2D eigenvalue weighted by Crippen LogP contribution is 2.37. The molecule has 0 aliphatic carbocycles. The SMILES string of the molecule is CCCCCSC(C(=O)Nc1ccccc1)(C(O)CC)N1CCNCC1. The second-order valence-electron chi connectivity index (χ2n) is 6.73. The van der Waals surface area contributed by atoms with Gasteiger partial charge in [0.25, 0.3) is 5.91 Å². The van der Waals surface area contributed by atoms with E-state index in [4.69, 9.17) is 0 Å². The van der Waals surface area contributed by atoms with Gasteiger partial charge in [0, 0.05) is 31.9 Å². The minimum atomic E-state index is -0.944. The van der Waals surface area contributed by atoms with Crippen LogP contribution in [0.2, 0.25) is 0 Å². The van der Waals surface area contributed by atoms with Crippen LogP contribution in [0.1, 0.15) is 39.5 Å². The molecular formula is C20H33N3O2S. The molecule has 2 atom stereocenters. The molecule has 1 amide bonds. The van der Waals surface area contributed by atoms with E-state index in [-0.39, 0.29) is 5.91 Å². The third-order valence-electron chi connectivity index (χ3n) is 4.85. The maximum Gasteiger partial charge on any atom is 0.258 e. The molecule has 0 saturated carbocycles. The smallest absolute Gasteiger partial charge is 0.258 e. The number of hydrogen-bond acceptors (Lipinski definition) is 5. The molecule has 0 spiro atoms. The first-order chi connectivity index (χ1) is 12.6. The Labute approximate surface area is 161 Å². The lowest BCUT2D eigenvalue weighted by Gasteiger charge is -2.46. The standard InChI is InChI=1S/C20H33N3O2S/c1-3-5-9-16-26-20(18(24)4-2,23-14-12-21-13-15-23)19(25)22-17-10-7-6-8-11-17/h6-8,10-11,18,21,24H,3-5,9,12-16H2,1-2H3,(H,22,25). The molecule has 1 aliphatic rings. The zero-order chi connectivity index (χ0) is 18.8. The van der Waals surface area contributed by atoms with E-state index in [0.29, 0.717) is 6.42 Å². The van der Waals surface area contributed by atoms with E-state index >= 15 is 0 Å². The fraction of sp³-hybridized carbons (Fsp3) is 0.650. The molecule has 0 aromatic heterocycles. The van der Waals surface area contributed by atoms with Crippen LogP contribution in [-0.4, -0.2) is 58.8 Å². The summed E-state index contributed by atoms with van der Waals surface area (Å²) in [6, 6.07) is 9.53. The molecule has 1 aromatic rings. The summed E-state index contributed by atoms with van der Waals surface area (Å²) in [5.41, 5.74) is 0.773. The van der Waals surface area contributed by atoms with Crippen LogP contribution in [0.25, 0.3) is 0 Å². The van der Waals surface area contributed by atoms with E-state index in [2.05, 4.69) is 22.5 Å². The third kappa shape index (κ3) is 5.22. The summed E-state index contributed by atoms with van der Waals surface area (Å²) in [4.78, 5) is 14.7. The quantitative estimate of drug-likeness (QED) is 0.546. The number of aliphatic hydroxyl groups is 1. The second-order valence-corrected chi connectivity index (χ2v) is 8.05. The fourth-order valence-electron chi connectivity index (χ4n) is 3.35. The van der Waals surface area contributed by atoms with E-state index in [1.54, 1.807) is 11.8 Å². The number of hydrogen-bond donors (Lipinski definition) is 3. The van der Waals surface area contributed by atoms with Crippen LogP contribution in [-0.2, 0) is 4.79 Å². The van der Waals surface area contributed by atoms with Gasteiger partial charge in [0.2, 0.25) is 0 Å². The summed E-state index contributed by atoms with van der Waals surface area (Å²) in [6.07, 6.45) is 3.19. The predicted octanol–water partition coefficient (Wildman–Crippen LogP) is 2.92. The lowest BCUT2D eigenvalue weighted by molar-refractivity contribution is -0.128. The van der Waals surface area contributed by atoms with E-state index in [9.17, 15) is 9.90 Å². The monoisotopic (exact) mass is 379 g/mol. The van der Waals surface area contributed by atoms with E-state index < -0.39 is 11.0 Å². The molecule has 2 unspecified atom stereocenters. The van der Waals surface area contributed by atoms with E-state index in [1.165, 1.54) is 0 Å². The number of thioether (sulfide) groups is 1. The van der Waals surface area contributed by atoms with Crippen molar-refractivity contribution in [2.45, 2.75) is 50.5 Å². The Balaban J connectivity index is 2.27. The zero-order valence-electron chi connectivity index (χ0n) is 16.0. The van der Waals surface area contributed by atoms with E-state index in [1.807, 2.05) is 37.3 Å². The molecule has 1 fully saturated rings. The molecule has 5 nitrogen and oxygen atoms in total. The molecular weight excluding hydrogens is 346 g/mol. The molecule has 146 valence electrons. The Bertz CT molecular complexity index is 537. The fourth-order valence-corrected chi connectivity index (χ4v) is 4.92. The summed E-state index contributed by atoms with van der Waals surface area (Å²) < 4.78 is 0. The molecule has 2 rings (SSSR count). The second kappa shape index (κ2) is 10.9. The molecule has 26 heavy (non-hydrogen) atoms. The summed E-state index contributed by atoms with van der Waals surface area (Å²) >= 11 is 1.61. The van der Waals surface area contributed by atoms with Gasteiger partial charge in [-0.2, -0.15) is 0 Å². The molecule has 0 radical (unpaired) electrons. The van der Waals surface area contributed by atoms with Gasteiger partial charge in [-0.25, -0.2) is 0 Å². The van der Waals surface area contributed by atoms with Gasteiger partial charge < -0.3 is 15.7 Å². The summed E-state index contributed by atoms with van der Waals surface area (Å²) in [6.45, 7) is 7.33. The lowest BCUT2D eigenvalue weighted by atomic mass is 10.0. The maximum atomic E-state index is 13.4. The van der Waals surface area contributed by atoms with Crippen molar-refractivity contribution in [3.05, 3.63) is 30.3 Å². The first-order valence-corrected chi connectivity index (χ1v) is 10.8. The molecule has 3 N–H and O–H groups in total. The van der Waals surface area contributed by atoms with E-state index in [0.717, 1.165) is 56.9 Å². The number of nitrogens with zero attached hydrogens (tertiary/aromatic N) is 1. The number of carbonyl (C=O) groups is 1. The third-order valence-corrected chi connectivity index (χ3v) is 6.50. The molecule has 0 bridgehead atoms. The van der Waals surface area contributed by atoms with Crippen LogP contribution in [0.3, 0.4) is 0 Å². The van der Waals surface area contributed by atoms with Crippen LogP contribution in [0.15, 0.2) is 30.3 Å². The number of benzene rings is 1. The number of unbranched alkanes of at least 4 members (excludes halogenated alkanes) is 2. The Kier molecular flexibility index (Phi) is 8.91. The average molecular weight is 380 g/mol. The number of para-hydroxylation sites is 1. The first kappa shape index (κ1) is 21.2. The van der Waals surface area contributed by atoms with Gasteiger partial charge in [-0.1, -0.05) is 44.9 Å². The van der Waals surface area contributed by atoms with Crippen molar-refractivity contribution in [3.63, 3.8) is 0 Å². The number of piperazine rings is 1. The van der Waals surface area contributed by atoms with Crippen molar-refractivity contribution in [3.8, 4) is 0 Å². The normalized spacial score (nSPS) is 18.9. The largest absolute Gasteiger partial charge is 0.390 e. The predicted molar refractivity (Wildman–Crippen MR) is 111 cm³/mol. The van der Waals surface area contributed by atoms with Gasteiger partial charge in [0.05, 0.1) is 6.10 Å². The van der Waals surface area contributed by atoms with Gasteiger partial charge >= 0.3 is 0 Å². The number of nitrogens with one attached hydrogen (secondary N) is 2. The van der Waals surface area contributed by atoms with Gasteiger partial charge in [-0.05, 0) is 30.7 Å². The van der Waals surface area contributed by atoms with Crippen LogP contribution >= 0.6 is 11.8 Å². The highest BCUT2D eigenvalue weighted by Gasteiger charge is 2.50. The number of aliphatic hydroxyl groups excluding tert-OH is 1. The molecule has 6 heteroatoms. The highest BCUT2D eigenvalue weighted by molar-refractivity contribution is 8.01. The Morgan fingerprint density at radius 1 is 1.27 bits per heavy atom. The van der Waals surface area contributed by atoms with Crippen molar-refractivity contribution < 1.29 is 9.90 Å². The summed E-state index contributed by atoms with van der Waals surface area (Å²) in [7, 11) is 0. The van der Waals surface area contributed by atoms with Gasteiger partial charge in [-0.15, -0.1) is 11.8 Å². The average Bonchev–Trinajstić information content (AvgIpc) is 2.69. The number of anilines is 1. The summed E-state index contributed by atoms with van der Waals surface area (Å²) in [5.74, 6) is 0.762. The van der Waals surface area contributed by atoms with Gasteiger partial charge in [0.1, 0.15) is 0 Å². The van der Waals surface area contributed by atoms with Gasteiger partial charge in [0.15, 0.2) is 4.87 Å². The maximum absolute atomic E-state index is 13.4. The molecule has 1 aromatic carbocycles. The van der Waals surface area contributed by atoms with Crippen molar-refractivity contribution in [1.29, 1.82) is 0 Å². The van der Waals surface area contributed by atoms with Crippen LogP contribution in [0.5, 0.6) is 0 Å². The number of carbonyl (C=O) groups excluding carboxylic acids is 1. The van der Waals surface area contributed by atoms with Crippen molar-refractivity contribution >= 4 is 23.4 Å². The number of rotatable bonds is 10. The minimum absolute atomic E-state index is 0.110. The van der Waals surface area contributed by atoms with Gasteiger partial charge in [-0.3, -0.25) is 9.69 Å². The topological polar surface area (TPSA) is 64.6 Å². The zero-order valence-corrected chi connectivity index (χ0v) is 16.9. The molecule has 1 heterocycles. The van der Waals surface area contributed by atoms with Crippen molar-refractivity contribution in [2.24, 2.45) is 0 Å². The number of amides is 1. The van der Waals surface area contributed by atoms with Crippen molar-refractivity contribution in [2.75, 3.05) is 37.2 Å². The molecule has 1 aliphatic heterocycles. The van der Waals surface area contributed by atoms with Crippen LogP contribution < -0.4 is 10.6 Å². The summed E-state index contributed by atoms with van der Waals surface area (Å²) in [5, 5.41) is 17.4. The van der Waals surface area contributed by atoms with Crippen LogP contribution in [0, 0.1) is 0 Å². The molecule has 1 saturated heterocycles. The lowest BCUT2D eigenvalue weighted by Crippen LogP contribution is -2.65. The minimum Gasteiger partial charge on any atom is -0.390 e. The van der Waals surface area contributed by atoms with Crippen LogP contribution in [0.4, 0.5) is 5.69 Å².